The highest BCUT2D eigenvalue weighted by Gasteiger charge is 2.32. The molecule has 0 spiro atoms. The third kappa shape index (κ3) is 2.81. The van der Waals surface area contributed by atoms with Crippen LogP contribution in [0.15, 0.2) is 23.1 Å². The fourth-order valence-corrected chi connectivity index (χ4v) is 3.33. The molecule has 1 aromatic rings. The Bertz CT molecular complexity index is 703. The summed E-state index contributed by atoms with van der Waals surface area (Å²) in [4.78, 5) is 22.9. The van der Waals surface area contributed by atoms with Crippen LogP contribution in [-0.4, -0.2) is 55.1 Å². The fraction of sp³-hybridized carbons (Fsp3) is 0.364. The maximum absolute atomic E-state index is 12.4. The number of nitrogen functional groups attached to an aromatic ring is 1. The summed E-state index contributed by atoms with van der Waals surface area (Å²) in [5.74, 6) is -0.324. The van der Waals surface area contributed by atoms with Gasteiger partial charge in [0.25, 0.3) is 5.69 Å². The number of hydrogen-bond donors (Lipinski definition) is 1. The average Bonchev–Trinajstić information content (AvgIpc) is 2.41. The molecule has 1 fully saturated rings. The van der Waals surface area contributed by atoms with Gasteiger partial charge in [-0.05, 0) is 12.1 Å². The molecule has 1 heterocycles. The number of amides is 1. The Hall–Kier alpha value is -2.20. The van der Waals surface area contributed by atoms with Gasteiger partial charge in [-0.3, -0.25) is 14.9 Å². The lowest BCUT2D eigenvalue weighted by Gasteiger charge is -2.31. The predicted molar refractivity (Wildman–Crippen MR) is 73.9 cm³/mol. The van der Waals surface area contributed by atoms with Crippen molar-refractivity contribution in [2.75, 3.05) is 32.4 Å². The van der Waals surface area contributed by atoms with E-state index in [-0.39, 0.29) is 36.1 Å². The van der Waals surface area contributed by atoms with E-state index in [0.29, 0.717) is 0 Å². The monoisotopic (exact) mass is 314 g/mol. The largest absolute Gasteiger partial charge is 0.393 e. The Balaban J connectivity index is 2.38. The zero-order valence-corrected chi connectivity index (χ0v) is 12.0. The van der Waals surface area contributed by atoms with Gasteiger partial charge in [0.2, 0.25) is 15.9 Å². The van der Waals surface area contributed by atoms with Gasteiger partial charge in [-0.1, -0.05) is 0 Å². The molecule has 10 heteroatoms. The summed E-state index contributed by atoms with van der Waals surface area (Å²) in [5.41, 5.74) is 4.85. The average molecular weight is 314 g/mol. The smallest absolute Gasteiger partial charge is 0.293 e. The van der Waals surface area contributed by atoms with Crippen molar-refractivity contribution in [2.45, 2.75) is 4.90 Å². The molecule has 2 rings (SSSR count). The van der Waals surface area contributed by atoms with E-state index in [4.69, 9.17) is 5.73 Å². The van der Waals surface area contributed by atoms with Crippen LogP contribution in [0, 0.1) is 10.1 Å². The Morgan fingerprint density at radius 3 is 2.57 bits per heavy atom. The van der Waals surface area contributed by atoms with Gasteiger partial charge >= 0.3 is 0 Å². The van der Waals surface area contributed by atoms with Crippen LogP contribution >= 0.6 is 0 Å². The van der Waals surface area contributed by atoms with Crippen molar-refractivity contribution in [1.29, 1.82) is 0 Å². The summed E-state index contributed by atoms with van der Waals surface area (Å²) in [6.45, 7) is 0.134. The third-order valence-corrected chi connectivity index (χ3v) is 5.10. The molecule has 0 atom stereocenters. The maximum atomic E-state index is 12.4. The molecular formula is C11H14N4O5S. The molecule has 0 bridgehead atoms. The molecule has 1 aliphatic heterocycles. The SMILES string of the molecule is CN1CCN(S(=O)(=O)c2ccc(N)c([N+](=O)[O-])c2)CC1=O. The minimum absolute atomic E-state index is 0.117. The van der Waals surface area contributed by atoms with E-state index in [9.17, 15) is 23.3 Å². The minimum atomic E-state index is -3.97. The fourth-order valence-electron chi connectivity index (χ4n) is 1.93. The summed E-state index contributed by atoms with van der Waals surface area (Å²) in [6, 6.07) is 3.27. The van der Waals surface area contributed by atoms with Crippen LogP contribution < -0.4 is 5.73 Å². The number of hydrogen-bond acceptors (Lipinski definition) is 6. The predicted octanol–water partition coefficient (Wildman–Crippen LogP) is -0.360. The number of nitro benzene ring substituents is 1. The van der Waals surface area contributed by atoms with E-state index < -0.39 is 20.6 Å². The number of benzene rings is 1. The molecule has 0 saturated carbocycles. The van der Waals surface area contributed by atoms with Crippen molar-refractivity contribution in [1.82, 2.24) is 9.21 Å². The summed E-state index contributed by atoms with van der Waals surface area (Å²) in [5, 5.41) is 10.8. The van der Waals surface area contributed by atoms with Crippen molar-refractivity contribution >= 4 is 27.3 Å². The minimum Gasteiger partial charge on any atom is -0.393 e. The van der Waals surface area contributed by atoms with Crippen LogP contribution in [0.1, 0.15) is 0 Å². The molecule has 0 radical (unpaired) electrons. The number of nitrogens with two attached hydrogens (primary N) is 1. The van der Waals surface area contributed by atoms with Gasteiger partial charge in [0, 0.05) is 26.2 Å². The van der Waals surface area contributed by atoms with Crippen molar-refractivity contribution in [3.63, 3.8) is 0 Å². The number of carbonyl (C=O) groups is 1. The Kier molecular flexibility index (Phi) is 3.83. The Morgan fingerprint density at radius 2 is 2.00 bits per heavy atom. The van der Waals surface area contributed by atoms with E-state index in [0.717, 1.165) is 10.4 Å². The first-order chi connectivity index (χ1) is 9.73. The van der Waals surface area contributed by atoms with E-state index in [2.05, 4.69) is 0 Å². The number of rotatable bonds is 3. The molecule has 1 aliphatic rings. The highest BCUT2D eigenvalue weighted by Crippen LogP contribution is 2.27. The first-order valence-corrected chi connectivity index (χ1v) is 7.45. The lowest BCUT2D eigenvalue weighted by atomic mass is 10.3. The number of nitrogens with zero attached hydrogens (tertiary/aromatic N) is 3. The van der Waals surface area contributed by atoms with Gasteiger partial charge in [0.15, 0.2) is 0 Å². The van der Waals surface area contributed by atoms with Gasteiger partial charge in [-0.15, -0.1) is 0 Å². The van der Waals surface area contributed by atoms with Gasteiger partial charge < -0.3 is 10.6 Å². The second-order valence-corrected chi connectivity index (χ2v) is 6.57. The molecular weight excluding hydrogens is 300 g/mol. The van der Waals surface area contributed by atoms with Gasteiger partial charge in [0.1, 0.15) is 5.69 Å². The van der Waals surface area contributed by atoms with Gasteiger partial charge in [-0.2, -0.15) is 4.31 Å². The number of sulfonamides is 1. The molecule has 21 heavy (non-hydrogen) atoms. The molecule has 1 amide bonds. The lowest BCUT2D eigenvalue weighted by Crippen LogP contribution is -2.50. The Morgan fingerprint density at radius 1 is 1.33 bits per heavy atom. The zero-order valence-electron chi connectivity index (χ0n) is 11.2. The normalized spacial score (nSPS) is 17.0. The number of carbonyl (C=O) groups excluding carboxylic acids is 1. The molecule has 2 N–H and O–H groups in total. The number of anilines is 1. The van der Waals surface area contributed by atoms with E-state index in [1.165, 1.54) is 17.0 Å². The maximum Gasteiger partial charge on any atom is 0.293 e. The highest BCUT2D eigenvalue weighted by molar-refractivity contribution is 7.89. The molecule has 0 aromatic heterocycles. The zero-order chi connectivity index (χ0) is 15.8. The van der Waals surface area contributed by atoms with Crippen molar-refractivity contribution in [2.24, 2.45) is 0 Å². The summed E-state index contributed by atoms with van der Waals surface area (Å²) >= 11 is 0. The van der Waals surface area contributed by atoms with E-state index >= 15 is 0 Å². The van der Waals surface area contributed by atoms with Crippen LogP contribution in [-0.2, 0) is 14.8 Å². The van der Waals surface area contributed by atoms with Gasteiger partial charge in [-0.25, -0.2) is 8.42 Å². The summed E-state index contributed by atoms with van der Waals surface area (Å²) in [7, 11) is -2.38. The quantitative estimate of drug-likeness (QED) is 0.461. The van der Waals surface area contributed by atoms with Crippen LogP contribution in [0.3, 0.4) is 0 Å². The van der Waals surface area contributed by atoms with E-state index in [1.807, 2.05) is 0 Å². The molecule has 9 nitrogen and oxygen atoms in total. The molecule has 114 valence electrons. The van der Waals surface area contributed by atoms with Crippen molar-refractivity contribution in [3.05, 3.63) is 28.3 Å². The van der Waals surface area contributed by atoms with Crippen molar-refractivity contribution in [3.8, 4) is 0 Å². The third-order valence-electron chi connectivity index (χ3n) is 3.26. The highest BCUT2D eigenvalue weighted by atomic mass is 32.2. The molecule has 0 unspecified atom stereocenters. The molecule has 1 aromatic carbocycles. The molecule has 0 aliphatic carbocycles. The second-order valence-electron chi connectivity index (χ2n) is 4.63. The summed E-state index contributed by atoms with van der Waals surface area (Å²) < 4.78 is 25.8. The first kappa shape index (κ1) is 15.2. The van der Waals surface area contributed by atoms with E-state index in [1.54, 1.807) is 7.05 Å². The topological polar surface area (TPSA) is 127 Å². The van der Waals surface area contributed by atoms with Crippen LogP contribution in [0.2, 0.25) is 0 Å². The molecule has 1 saturated heterocycles. The van der Waals surface area contributed by atoms with Gasteiger partial charge in [0.05, 0.1) is 16.4 Å². The lowest BCUT2D eigenvalue weighted by molar-refractivity contribution is -0.384. The second kappa shape index (κ2) is 5.30. The number of piperazine rings is 1. The standard InChI is InChI=1S/C11H14N4O5S/c1-13-4-5-14(7-11(13)16)21(19,20)8-2-3-9(12)10(6-8)15(17)18/h2-3,6H,4-5,7,12H2,1H3. The first-order valence-electron chi connectivity index (χ1n) is 6.01. The van der Waals surface area contributed by atoms with Crippen LogP contribution in [0.5, 0.6) is 0 Å². The van der Waals surface area contributed by atoms with Crippen LogP contribution in [0.4, 0.5) is 11.4 Å². The summed E-state index contributed by atoms with van der Waals surface area (Å²) in [6.07, 6.45) is 0. The van der Waals surface area contributed by atoms with Crippen LogP contribution in [0.25, 0.3) is 0 Å². The van der Waals surface area contributed by atoms with Crippen molar-refractivity contribution < 1.29 is 18.1 Å². The Labute approximate surface area is 121 Å². The number of likely N-dealkylation sites (N-methyl/N-ethyl adjacent to an activating group) is 1. The number of nitro groups is 1.